The molecule has 1 N–H and O–H groups in total. The third-order valence-electron chi connectivity index (χ3n) is 6.19. The summed E-state index contributed by atoms with van der Waals surface area (Å²) in [7, 11) is 0. The summed E-state index contributed by atoms with van der Waals surface area (Å²) in [6.45, 7) is 4.55. The second kappa shape index (κ2) is 11.7. The van der Waals surface area contributed by atoms with Crippen LogP contribution in [0.5, 0.6) is 5.75 Å². The van der Waals surface area contributed by atoms with Gasteiger partial charge in [0.15, 0.2) is 0 Å². The SMILES string of the molecule is CCCCCCN(C(=O)CCCCOc1ccc2c(c1)N=C1NC(=O)CN1C2)c1ccccc1. The van der Waals surface area contributed by atoms with E-state index in [0.29, 0.717) is 32.1 Å². The summed E-state index contributed by atoms with van der Waals surface area (Å²) in [6.07, 6.45) is 6.67. The molecule has 180 valence electrons. The van der Waals surface area contributed by atoms with Gasteiger partial charge in [-0.25, -0.2) is 4.99 Å². The fourth-order valence-electron chi connectivity index (χ4n) is 4.32. The summed E-state index contributed by atoms with van der Waals surface area (Å²) in [4.78, 5) is 33.0. The molecule has 2 aromatic rings. The van der Waals surface area contributed by atoms with Crippen LogP contribution in [0.2, 0.25) is 0 Å². The maximum absolute atomic E-state index is 13.0. The Bertz CT molecular complexity index is 1020. The molecule has 1 saturated heterocycles. The van der Waals surface area contributed by atoms with Crippen molar-refractivity contribution in [2.24, 2.45) is 4.99 Å². The second-order valence-electron chi connectivity index (χ2n) is 8.88. The third kappa shape index (κ3) is 6.16. The third-order valence-corrected chi connectivity index (χ3v) is 6.19. The molecule has 2 aliphatic heterocycles. The van der Waals surface area contributed by atoms with Crippen molar-refractivity contribution in [2.75, 3.05) is 24.6 Å². The largest absolute Gasteiger partial charge is 0.494 e. The summed E-state index contributed by atoms with van der Waals surface area (Å²) in [5.74, 6) is 1.53. The fourth-order valence-corrected chi connectivity index (χ4v) is 4.32. The Morgan fingerprint density at radius 3 is 2.74 bits per heavy atom. The number of benzene rings is 2. The molecule has 0 bridgehead atoms. The van der Waals surface area contributed by atoms with Gasteiger partial charge >= 0.3 is 0 Å². The maximum Gasteiger partial charge on any atom is 0.246 e. The van der Waals surface area contributed by atoms with E-state index in [-0.39, 0.29) is 11.8 Å². The summed E-state index contributed by atoms with van der Waals surface area (Å²) in [5, 5.41) is 2.79. The highest BCUT2D eigenvalue weighted by molar-refractivity contribution is 6.05. The van der Waals surface area contributed by atoms with E-state index in [2.05, 4.69) is 17.2 Å². The van der Waals surface area contributed by atoms with E-state index in [9.17, 15) is 9.59 Å². The highest BCUT2D eigenvalue weighted by atomic mass is 16.5. The van der Waals surface area contributed by atoms with E-state index in [0.717, 1.165) is 54.9 Å². The summed E-state index contributed by atoms with van der Waals surface area (Å²) >= 11 is 0. The van der Waals surface area contributed by atoms with Gasteiger partial charge in [0, 0.05) is 31.3 Å². The number of fused-ring (bicyclic) bond motifs is 2. The predicted octanol–water partition coefficient (Wildman–Crippen LogP) is 4.78. The number of carbonyl (C=O) groups is 2. The molecular weight excluding hydrogens is 428 g/mol. The van der Waals surface area contributed by atoms with Gasteiger partial charge in [-0.05, 0) is 43.0 Å². The number of ether oxygens (including phenoxy) is 1. The van der Waals surface area contributed by atoms with E-state index >= 15 is 0 Å². The first-order valence-corrected chi connectivity index (χ1v) is 12.4. The van der Waals surface area contributed by atoms with Crippen molar-refractivity contribution in [1.29, 1.82) is 0 Å². The van der Waals surface area contributed by atoms with Gasteiger partial charge in [-0.1, -0.05) is 50.5 Å². The van der Waals surface area contributed by atoms with Gasteiger partial charge in [0.05, 0.1) is 12.3 Å². The van der Waals surface area contributed by atoms with Crippen molar-refractivity contribution in [1.82, 2.24) is 10.2 Å². The van der Waals surface area contributed by atoms with Crippen molar-refractivity contribution < 1.29 is 14.3 Å². The van der Waals surface area contributed by atoms with Crippen LogP contribution in [0, 0.1) is 0 Å². The molecule has 2 aliphatic rings. The minimum Gasteiger partial charge on any atom is -0.494 e. The van der Waals surface area contributed by atoms with E-state index in [4.69, 9.17) is 4.74 Å². The molecule has 0 atom stereocenters. The molecule has 0 unspecified atom stereocenters. The predicted molar refractivity (Wildman–Crippen MR) is 134 cm³/mol. The first-order valence-electron chi connectivity index (χ1n) is 12.4. The van der Waals surface area contributed by atoms with E-state index < -0.39 is 0 Å². The lowest BCUT2D eigenvalue weighted by Crippen LogP contribution is -2.32. The maximum atomic E-state index is 13.0. The van der Waals surface area contributed by atoms with Gasteiger partial charge in [-0.3, -0.25) is 14.9 Å². The van der Waals surface area contributed by atoms with Crippen LogP contribution in [0.1, 0.15) is 57.4 Å². The number of aliphatic imine (C=N–C) groups is 1. The second-order valence-corrected chi connectivity index (χ2v) is 8.88. The topological polar surface area (TPSA) is 74.2 Å². The van der Waals surface area contributed by atoms with Crippen molar-refractivity contribution in [3.05, 3.63) is 54.1 Å². The molecule has 7 heteroatoms. The number of hydrogen-bond donors (Lipinski definition) is 1. The first kappa shape index (κ1) is 23.8. The number of carbonyl (C=O) groups excluding carboxylic acids is 2. The van der Waals surface area contributed by atoms with Gasteiger partial charge in [-0.15, -0.1) is 0 Å². The Hall–Kier alpha value is -3.35. The minimum atomic E-state index is -0.0237. The molecule has 2 aromatic carbocycles. The zero-order valence-electron chi connectivity index (χ0n) is 20.0. The van der Waals surface area contributed by atoms with Crippen LogP contribution in [0.15, 0.2) is 53.5 Å². The van der Waals surface area contributed by atoms with Gasteiger partial charge in [-0.2, -0.15) is 0 Å². The number of nitrogens with one attached hydrogen (secondary N) is 1. The Morgan fingerprint density at radius 1 is 1.06 bits per heavy atom. The van der Waals surface area contributed by atoms with Crippen molar-refractivity contribution in [2.45, 2.75) is 58.4 Å². The number of para-hydroxylation sites is 1. The lowest BCUT2D eigenvalue weighted by Gasteiger charge is -2.23. The molecule has 4 rings (SSSR count). The van der Waals surface area contributed by atoms with Crippen LogP contribution in [0.25, 0.3) is 0 Å². The Morgan fingerprint density at radius 2 is 1.91 bits per heavy atom. The molecule has 0 aromatic heterocycles. The first-order chi connectivity index (χ1) is 16.6. The molecule has 1 fully saturated rings. The normalized spacial score (nSPS) is 14.2. The Balaban J connectivity index is 1.23. The minimum absolute atomic E-state index is 0.0237. The van der Waals surface area contributed by atoms with Crippen LogP contribution < -0.4 is 15.0 Å². The van der Waals surface area contributed by atoms with Crippen LogP contribution in [-0.2, 0) is 16.1 Å². The van der Waals surface area contributed by atoms with Crippen LogP contribution in [0.4, 0.5) is 11.4 Å². The van der Waals surface area contributed by atoms with Crippen molar-refractivity contribution in [3.8, 4) is 5.75 Å². The Kier molecular flexibility index (Phi) is 8.17. The van der Waals surface area contributed by atoms with Gasteiger partial charge in [0.1, 0.15) is 12.3 Å². The molecule has 0 spiro atoms. The number of amides is 2. The standard InChI is InChI=1S/C27H34N4O3/c1-2-3-4-9-16-31(22-11-6-5-7-12-22)26(33)13-8-10-17-34-23-15-14-21-19-30-20-25(32)29-27(30)28-24(21)18-23/h5-7,11-12,14-15,18H,2-4,8-10,13,16-17,19-20H2,1H3,(H,28,29,32). The van der Waals surface area contributed by atoms with E-state index in [1.54, 1.807) is 0 Å². The Labute approximate surface area is 201 Å². The number of hydrogen-bond acceptors (Lipinski definition) is 5. The van der Waals surface area contributed by atoms with Crippen LogP contribution in [0.3, 0.4) is 0 Å². The highest BCUT2D eigenvalue weighted by Gasteiger charge is 2.29. The number of nitrogens with zero attached hydrogens (tertiary/aromatic N) is 3. The molecule has 7 nitrogen and oxygen atoms in total. The molecule has 0 radical (unpaired) electrons. The van der Waals surface area contributed by atoms with E-state index in [1.165, 1.54) is 12.8 Å². The van der Waals surface area contributed by atoms with Crippen LogP contribution in [-0.4, -0.2) is 42.4 Å². The van der Waals surface area contributed by atoms with Gasteiger partial charge in [0.25, 0.3) is 0 Å². The van der Waals surface area contributed by atoms with Crippen LogP contribution >= 0.6 is 0 Å². The number of rotatable bonds is 12. The quantitative estimate of drug-likeness (QED) is 0.461. The fraction of sp³-hybridized carbons (Fsp3) is 0.444. The van der Waals surface area contributed by atoms with Gasteiger partial charge in [0.2, 0.25) is 17.8 Å². The molecule has 0 saturated carbocycles. The number of unbranched alkanes of at least 4 members (excludes halogenated alkanes) is 4. The zero-order chi connectivity index (χ0) is 23.8. The van der Waals surface area contributed by atoms with Crippen molar-refractivity contribution >= 4 is 29.1 Å². The van der Waals surface area contributed by atoms with E-state index in [1.807, 2.05) is 58.3 Å². The molecule has 2 heterocycles. The molecule has 34 heavy (non-hydrogen) atoms. The highest BCUT2D eigenvalue weighted by Crippen LogP contribution is 2.31. The lowest BCUT2D eigenvalue weighted by atomic mass is 10.1. The average Bonchev–Trinajstić information content (AvgIpc) is 3.21. The monoisotopic (exact) mass is 462 g/mol. The number of guanidine groups is 1. The van der Waals surface area contributed by atoms with Crippen molar-refractivity contribution in [3.63, 3.8) is 0 Å². The smallest absolute Gasteiger partial charge is 0.246 e. The van der Waals surface area contributed by atoms with Gasteiger partial charge < -0.3 is 14.5 Å². The summed E-state index contributed by atoms with van der Waals surface area (Å²) in [6, 6.07) is 15.8. The lowest BCUT2D eigenvalue weighted by molar-refractivity contribution is -0.119. The molecular formula is C27H34N4O3. The number of anilines is 1. The summed E-state index contributed by atoms with van der Waals surface area (Å²) < 4.78 is 5.93. The average molecular weight is 463 g/mol. The summed E-state index contributed by atoms with van der Waals surface area (Å²) in [5.41, 5.74) is 2.90. The molecule has 2 amide bonds. The zero-order valence-corrected chi connectivity index (χ0v) is 20.0. The molecule has 0 aliphatic carbocycles.